The minimum atomic E-state index is 0.336. The molecule has 0 aliphatic rings. The first-order valence-electron chi connectivity index (χ1n) is 7.96. The Morgan fingerprint density at radius 1 is 0.522 bits per heavy atom. The summed E-state index contributed by atoms with van der Waals surface area (Å²) >= 11 is 0. The fraction of sp³-hybridized carbons (Fsp3) is 0.182. The number of rotatable bonds is 2. The summed E-state index contributed by atoms with van der Waals surface area (Å²) in [5.74, 6) is 0.336. The van der Waals surface area contributed by atoms with Crippen molar-refractivity contribution in [3.05, 3.63) is 76.9 Å². The fourth-order valence-electron chi connectivity index (χ4n) is 3.46. The lowest BCUT2D eigenvalue weighted by Gasteiger charge is -2.19. The van der Waals surface area contributed by atoms with Crippen LogP contribution in [0.25, 0.3) is 22.3 Å². The molecule has 3 aromatic carbocycles. The maximum absolute atomic E-state index is 10.6. The van der Waals surface area contributed by atoms with Crippen molar-refractivity contribution in [3.8, 4) is 28.0 Å². The van der Waals surface area contributed by atoms with Crippen molar-refractivity contribution in [1.82, 2.24) is 0 Å². The first-order chi connectivity index (χ1) is 11.0. The van der Waals surface area contributed by atoms with Gasteiger partial charge in [-0.15, -0.1) is 0 Å². The lowest BCUT2D eigenvalue weighted by atomic mass is 9.86. The van der Waals surface area contributed by atoms with Crippen LogP contribution in [0.15, 0.2) is 54.6 Å². The van der Waals surface area contributed by atoms with E-state index in [-0.39, 0.29) is 0 Å². The van der Waals surface area contributed by atoms with E-state index in [0.29, 0.717) is 5.75 Å². The van der Waals surface area contributed by atoms with E-state index < -0.39 is 0 Å². The molecule has 0 spiro atoms. The van der Waals surface area contributed by atoms with Crippen molar-refractivity contribution in [2.24, 2.45) is 0 Å². The van der Waals surface area contributed by atoms with Crippen molar-refractivity contribution in [1.29, 1.82) is 0 Å². The van der Waals surface area contributed by atoms with E-state index in [0.717, 1.165) is 16.7 Å². The van der Waals surface area contributed by atoms with E-state index in [9.17, 15) is 5.11 Å². The van der Waals surface area contributed by atoms with Gasteiger partial charge >= 0.3 is 0 Å². The predicted molar refractivity (Wildman–Crippen MR) is 97.9 cm³/mol. The zero-order chi connectivity index (χ0) is 16.6. The maximum Gasteiger partial charge on any atom is 0.124 e. The Hall–Kier alpha value is -2.54. The minimum absolute atomic E-state index is 0.336. The molecule has 0 bridgehead atoms. The molecule has 0 aromatic heterocycles. The number of hydrogen-bond donors (Lipinski definition) is 1. The minimum Gasteiger partial charge on any atom is -0.507 e. The van der Waals surface area contributed by atoms with Gasteiger partial charge < -0.3 is 5.11 Å². The summed E-state index contributed by atoms with van der Waals surface area (Å²) < 4.78 is 0. The summed E-state index contributed by atoms with van der Waals surface area (Å²) in [6, 6.07) is 18.4. The Labute approximate surface area is 138 Å². The first kappa shape index (κ1) is 15.4. The number of phenols is 1. The molecule has 0 radical (unpaired) electrons. The van der Waals surface area contributed by atoms with Crippen molar-refractivity contribution in [2.75, 3.05) is 0 Å². The Morgan fingerprint density at radius 3 is 1.48 bits per heavy atom. The molecule has 3 aromatic rings. The molecule has 1 N–H and O–H groups in total. The molecule has 0 aliphatic carbocycles. The SMILES string of the molecule is Cc1cccc(C)c1-c1cccc(O)c1-c1c(C)cccc1C. The Morgan fingerprint density at radius 2 is 0.957 bits per heavy atom. The molecular weight excluding hydrogens is 280 g/mol. The van der Waals surface area contributed by atoms with Gasteiger partial charge in [-0.3, -0.25) is 0 Å². The molecule has 1 heteroatoms. The molecule has 0 saturated carbocycles. The molecule has 0 atom stereocenters. The van der Waals surface area contributed by atoms with Crippen LogP contribution in [0.5, 0.6) is 5.75 Å². The monoisotopic (exact) mass is 302 g/mol. The summed E-state index contributed by atoms with van der Waals surface area (Å²) in [5, 5.41) is 10.6. The topological polar surface area (TPSA) is 20.2 Å². The lowest BCUT2D eigenvalue weighted by molar-refractivity contribution is 0.477. The summed E-state index contributed by atoms with van der Waals surface area (Å²) in [6.07, 6.45) is 0. The van der Waals surface area contributed by atoms with E-state index in [2.05, 4.69) is 70.2 Å². The highest BCUT2D eigenvalue weighted by Crippen LogP contribution is 2.43. The Balaban J connectivity index is 2.40. The van der Waals surface area contributed by atoms with Gasteiger partial charge in [0.25, 0.3) is 0 Å². The molecule has 0 unspecified atom stereocenters. The Bertz CT molecular complexity index is 835. The number of aromatic hydroxyl groups is 1. The third kappa shape index (κ3) is 2.63. The molecule has 0 aliphatic heterocycles. The molecule has 0 amide bonds. The van der Waals surface area contributed by atoms with E-state index in [1.54, 1.807) is 6.07 Å². The standard InChI is InChI=1S/C22H22O/c1-14-8-5-9-15(2)20(14)18-12-7-13-19(23)22(18)21-16(3)10-6-11-17(21)4/h5-13,23H,1-4H3. The van der Waals surface area contributed by atoms with Gasteiger partial charge in [0, 0.05) is 5.56 Å². The van der Waals surface area contributed by atoms with Crippen molar-refractivity contribution in [3.63, 3.8) is 0 Å². The average molecular weight is 302 g/mol. The number of benzene rings is 3. The molecule has 0 fully saturated rings. The van der Waals surface area contributed by atoms with Crippen LogP contribution < -0.4 is 0 Å². The number of phenolic OH excluding ortho intramolecular Hbond substituents is 1. The molecule has 116 valence electrons. The van der Waals surface area contributed by atoms with Gasteiger partial charge in [0.05, 0.1) is 0 Å². The van der Waals surface area contributed by atoms with Gasteiger partial charge in [0.2, 0.25) is 0 Å². The van der Waals surface area contributed by atoms with E-state index in [1.807, 2.05) is 6.07 Å². The summed E-state index contributed by atoms with van der Waals surface area (Å²) in [6.45, 7) is 8.45. The largest absolute Gasteiger partial charge is 0.507 e. The van der Waals surface area contributed by atoms with Crippen molar-refractivity contribution in [2.45, 2.75) is 27.7 Å². The molecular formula is C22H22O. The average Bonchev–Trinajstić information content (AvgIpc) is 2.49. The predicted octanol–water partition coefficient (Wildman–Crippen LogP) is 5.96. The van der Waals surface area contributed by atoms with Gasteiger partial charge in [-0.05, 0) is 72.7 Å². The van der Waals surface area contributed by atoms with Crippen LogP contribution in [-0.4, -0.2) is 5.11 Å². The fourth-order valence-corrected chi connectivity index (χ4v) is 3.46. The lowest BCUT2D eigenvalue weighted by Crippen LogP contribution is -1.95. The van der Waals surface area contributed by atoms with E-state index >= 15 is 0 Å². The molecule has 0 heterocycles. The van der Waals surface area contributed by atoms with Crippen LogP contribution >= 0.6 is 0 Å². The van der Waals surface area contributed by atoms with Gasteiger partial charge in [-0.1, -0.05) is 48.5 Å². The summed E-state index contributed by atoms with van der Waals surface area (Å²) in [4.78, 5) is 0. The normalized spacial score (nSPS) is 10.8. The number of aryl methyl sites for hydroxylation is 4. The second-order valence-electron chi connectivity index (χ2n) is 6.23. The van der Waals surface area contributed by atoms with Crippen LogP contribution in [0.2, 0.25) is 0 Å². The van der Waals surface area contributed by atoms with E-state index in [1.165, 1.54) is 27.8 Å². The molecule has 3 rings (SSSR count). The zero-order valence-corrected chi connectivity index (χ0v) is 14.1. The molecule has 23 heavy (non-hydrogen) atoms. The van der Waals surface area contributed by atoms with Crippen molar-refractivity contribution < 1.29 is 5.11 Å². The number of hydrogen-bond acceptors (Lipinski definition) is 1. The third-order valence-electron chi connectivity index (χ3n) is 4.52. The van der Waals surface area contributed by atoms with Gasteiger partial charge in [0.1, 0.15) is 5.75 Å². The first-order valence-corrected chi connectivity index (χ1v) is 7.96. The van der Waals surface area contributed by atoms with Gasteiger partial charge in [-0.25, -0.2) is 0 Å². The molecule has 0 saturated heterocycles. The van der Waals surface area contributed by atoms with Crippen LogP contribution in [0.3, 0.4) is 0 Å². The maximum atomic E-state index is 10.6. The Kier molecular flexibility index (Phi) is 3.96. The van der Waals surface area contributed by atoms with Crippen molar-refractivity contribution >= 4 is 0 Å². The van der Waals surface area contributed by atoms with Gasteiger partial charge in [-0.2, -0.15) is 0 Å². The van der Waals surface area contributed by atoms with Crippen LogP contribution in [0.1, 0.15) is 22.3 Å². The second-order valence-corrected chi connectivity index (χ2v) is 6.23. The molecule has 1 nitrogen and oxygen atoms in total. The highest BCUT2D eigenvalue weighted by Gasteiger charge is 2.17. The summed E-state index contributed by atoms with van der Waals surface area (Å²) in [7, 11) is 0. The van der Waals surface area contributed by atoms with Crippen LogP contribution in [0, 0.1) is 27.7 Å². The van der Waals surface area contributed by atoms with Crippen LogP contribution in [-0.2, 0) is 0 Å². The quantitative estimate of drug-likeness (QED) is 0.619. The zero-order valence-electron chi connectivity index (χ0n) is 14.1. The van der Waals surface area contributed by atoms with E-state index in [4.69, 9.17) is 0 Å². The van der Waals surface area contributed by atoms with Gasteiger partial charge in [0.15, 0.2) is 0 Å². The van der Waals surface area contributed by atoms with Crippen LogP contribution in [0.4, 0.5) is 0 Å². The highest BCUT2D eigenvalue weighted by atomic mass is 16.3. The smallest absolute Gasteiger partial charge is 0.124 e. The second kappa shape index (κ2) is 5.92. The third-order valence-corrected chi connectivity index (χ3v) is 4.52. The summed E-state index contributed by atoms with van der Waals surface area (Å²) in [5.41, 5.74) is 9.17. The highest BCUT2D eigenvalue weighted by molar-refractivity contribution is 5.91.